The number of non-ortho nitro benzene ring substituents is 1. The molecule has 0 bridgehead atoms. The highest BCUT2D eigenvalue weighted by atomic mass is 32.2. The van der Waals surface area contributed by atoms with Gasteiger partial charge in [-0.05, 0) is 31.2 Å². The summed E-state index contributed by atoms with van der Waals surface area (Å²) in [6.07, 6.45) is 0. The molecule has 3 aromatic carbocycles. The number of nitro groups is 1. The Morgan fingerprint density at radius 1 is 1.06 bits per heavy atom. The lowest BCUT2D eigenvalue weighted by molar-refractivity contribution is -0.384. The van der Waals surface area contributed by atoms with E-state index in [1.807, 2.05) is 0 Å². The van der Waals surface area contributed by atoms with Crippen molar-refractivity contribution < 1.29 is 22.9 Å². The van der Waals surface area contributed by atoms with Crippen LogP contribution in [0.15, 0.2) is 83.8 Å². The van der Waals surface area contributed by atoms with Gasteiger partial charge in [0, 0.05) is 17.7 Å². The van der Waals surface area contributed by atoms with E-state index < -0.39 is 33.4 Å². The van der Waals surface area contributed by atoms with Gasteiger partial charge in [-0.2, -0.15) is 0 Å². The number of anilines is 1. The molecular weight excluding hydrogens is 446 g/mol. The molecular formula is C23H23N3O6S. The van der Waals surface area contributed by atoms with E-state index in [2.05, 4.69) is 5.32 Å². The topological polar surface area (TPSA) is 119 Å². The Balaban J connectivity index is 1.94. The zero-order valence-electron chi connectivity index (χ0n) is 18.0. The number of hydrogen-bond donors (Lipinski definition) is 1. The number of nitro benzene ring substituents is 1. The molecule has 9 nitrogen and oxygen atoms in total. The van der Waals surface area contributed by atoms with Gasteiger partial charge in [-0.3, -0.25) is 19.2 Å². The van der Waals surface area contributed by atoms with Crippen molar-refractivity contribution in [3.05, 3.63) is 94.5 Å². The SMILES string of the molecule is COc1ccccc1C(C)NC(=O)CN(c1cccc([N+](=O)[O-])c1)S(=O)(=O)c1ccccc1. The van der Waals surface area contributed by atoms with Gasteiger partial charge in [0.25, 0.3) is 15.7 Å². The summed E-state index contributed by atoms with van der Waals surface area (Å²) >= 11 is 0. The van der Waals surface area contributed by atoms with E-state index in [1.54, 1.807) is 49.4 Å². The average Bonchev–Trinajstić information content (AvgIpc) is 2.83. The summed E-state index contributed by atoms with van der Waals surface area (Å²) in [5.41, 5.74) is 0.442. The minimum atomic E-state index is -4.18. The predicted octanol–water partition coefficient (Wildman–Crippen LogP) is 3.68. The summed E-state index contributed by atoms with van der Waals surface area (Å²) in [4.78, 5) is 23.5. The lowest BCUT2D eigenvalue weighted by Gasteiger charge is -2.25. The minimum Gasteiger partial charge on any atom is -0.496 e. The van der Waals surface area contributed by atoms with Crippen LogP contribution in [0.25, 0.3) is 0 Å². The van der Waals surface area contributed by atoms with Crippen LogP contribution in [0.1, 0.15) is 18.5 Å². The van der Waals surface area contributed by atoms with Crippen molar-refractivity contribution in [2.24, 2.45) is 0 Å². The summed E-state index contributed by atoms with van der Waals surface area (Å²) < 4.78 is 32.9. The van der Waals surface area contributed by atoms with Gasteiger partial charge in [-0.1, -0.05) is 42.5 Å². The third-order valence-electron chi connectivity index (χ3n) is 4.93. The highest BCUT2D eigenvalue weighted by Gasteiger charge is 2.29. The second-order valence-electron chi connectivity index (χ2n) is 7.13. The maximum absolute atomic E-state index is 13.4. The van der Waals surface area contributed by atoms with Crippen LogP contribution in [0.3, 0.4) is 0 Å². The number of para-hydroxylation sites is 1. The molecule has 3 rings (SSSR count). The maximum Gasteiger partial charge on any atom is 0.271 e. The van der Waals surface area contributed by atoms with E-state index in [9.17, 15) is 23.3 Å². The van der Waals surface area contributed by atoms with E-state index in [0.717, 1.165) is 15.9 Å². The number of rotatable bonds is 9. The van der Waals surface area contributed by atoms with Crippen LogP contribution >= 0.6 is 0 Å². The van der Waals surface area contributed by atoms with Crippen molar-refractivity contribution >= 4 is 27.3 Å². The number of hydrogen-bond acceptors (Lipinski definition) is 6. The third-order valence-corrected chi connectivity index (χ3v) is 6.72. The number of ether oxygens (including phenoxy) is 1. The standard InChI is InChI=1S/C23H23N3O6S/c1-17(21-13-6-7-14-22(21)32-2)24-23(27)16-25(18-9-8-10-19(15-18)26(28)29)33(30,31)20-11-4-3-5-12-20/h3-15,17H,16H2,1-2H3,(H,24,27). The van der Waals surface area contributed by atoms with Crippen LogP contribution in [-0.2, 0) is 14.8 Å². The molecule has 1 unspecified atom stereocenters. The highest BCUT2D eigenvalue weighted by molar-refractivity contribution is 7.92. The first-order valence-electron chi connectivity index (χ1n) is 9.98. The number of nitrogens with one attached hydrogen (secondary N) is 1. The number of carbonyl (C=O) groups excluding carboxylic acids is 1. The molecule has 3 aromatic rings. The smallest absolute Gasteiger partial charge is 0.271 e. The van der Waals surface area contributed by atoms with Crippen molar-refractivity contribution in [2.75, 3.05) is 18.0 Å². The van der Waals surface area contributed by atoms with Crippen molar-refractivity contribution in [3.8, 4) is 5.75 Å². The number of sulfonamides is 1. The minimum absolute atomic E-state index is 0.00754. The maximum atomic E-state index is 13.4. The van der Waals surface area contributed by atoms with Crippen LogP contribution in [0.5, 0.6) is 5.75 Å². The monoisotopic (exact) mass is 469 g/mol. The molecule has 0 aliphatic carbocycles. The van der Waals surface area contributed by atoms with E-state index in [0.29, 0.717) is 5.75 Å². The first-order chi connectivity index (χ1) is 15.7. The zero-order valence-corrected chi connectivity index (χ0v) is 18.9. The summed E-state index contributed by atoms with van der Waals surface area (Å²) in [6, 6.07) is 19.4. The predicted molar refractivity (Wildman–Crippen MR) is 124 cm³/mol. The number of amides is 1. The Morgan fingerprint density at radius 2 is 1.73 bits per heavy atom. The molecule has 0 fully saturated rings. The van der Waals surface area contributed by atoms with Gasteiger partial charge in [-0.15, -0.1) is 0 Å². The van der Waals surface area contributed by atoms with Gasteiger partial charge in [0.1, 0.15) is 12.3 Å². The van der Waals surface area contributed by atoms with Crippen LogP contribution in [0, 0.1) is 10.1 Å². The lowest BCUT2D eigenvalue weighted by Crippen LogP contribution is -2.41. The van der Waals surface area contributed by atoms with Crippen LogP contribution < -0.4 is 14.4 Å². The zero-order chi connectivity index (χ0) is 24.0. The molecule has 1 amide bonds. The van der Waals surface area contributed by atoms with Crippen molar-refractivity contribution in [1.29, 1.82) is 0 Å². The molecule has 0 saturated heterocycles. The number of benzene rings is 3. The normalized spacial score (nSPS) is 11.9. The number of carbonyl (C=O) groups is 1. The fourth-order valence-electron chi connectivity index (χ4n) is 3.32. The molecule has 0 heterocycles. The van der Waals surface area contributed by atoms with Gasteiger partial charge in [0.2, 0.25) is 5.91 Å². The fourth-order valence-corrected chi connectivity index (χ4v) is 4.75. The van der Waals surface area contributed by atoms with Crippen LogP contribution in [0.2, 0.25) is 0 Å². The largest absolute Gasteiger partial charge is 0.496 e. The molecule has 0 spiro atoms. The van der Waals surface area contributed by atoms with Crippen molar-refractivity contribution in [1.82, 2.24) is 5.32 Å². The van der Waals surface area contributed by atoms with Gasteiger partial charge in [0.05, 0.1) is 28.7 Å². The molecule has 0 saturated carbocycles. The van der Waals surface area contributed by atoms with E-state index >= 15 is 0 Å². The second-order valence-corrected chi connectivity index (χ2v) is 9.00. The molecule has 0 aliphatic heterocycles. The quantitative estimate of drug-likeness (QED) is 0.377. The average molecular weight is 470 g/mol. The van der Waals surface area contributed by atoms with Crippen molar-refractivity contribution in [3.63, 3.8) is 0 Å². The molecule has 1 atom stereocenters. The fraction of sp³-hybridized carbons (Fsp3) is 0.174. The first-order valence-corrected chi connectivity index (χ1v) is 11.4. The molecule has 0 radical (unpaired) electrons. The number of nitrogens with zero attached hydrogens (tertiary/aromatic N) is 2. The van der Waals surface area contributed by atoms with Gasteiger partial charge < -0.3 is 10.1 Å². The Hall–Kier alpha value is -3.92. The molecule has 0 aliphatic rings. The van der Waals surface area contributed by atoms with E-state index in [4.69, 9.17) is 4.74 Å². The van der Waals surface area contributed by atoms with Gasteiger partial charge in [-0.25, -0.2) is 8.42 Å². The lowest BCUT2D eigenvalue weighted by atomic mass is 10.1. The summed E-state index contributed by atoms with van der Waals surface area (Å²) in [7, 11) is -2.66. The Labute approximate surface area is 191 Å². The van der Waals surface area contributed by atoms with Gasteiger partial charge >= 0.3 is 0 Å². The Morgan fingerprint density at radius 3 is 2.39 bits per heavy atom. The second kappa shape index (κ2) is 10.1. The molecule has 10 heteroatoms. The number of methoxy groups -OCH3 is 1. The van der Waals surface area contributed by atoms with E-state index in [1.165, 1.54) is 37.4 Å². The summed E-state index contributed by atoms with van der Waals surface area (Å²) in [6.45, 7) is 1.18. The third kappa shape index (κ3) is 5.47. The van der Waals surface area contributed by atoms with Crippen LogP contribution in [-0.4, -0.2) is 32.9 Å². The van der Waals surface area contributed by atoms with Gasteiger partial charge in [0.15, 0.2) is 0 Å². The first kappa shape index (κ1) is 23.7. The summed E-state index contributed by atoms with van der Waals surface area (Å²) in [5, 5.41) is 14.0. The van der Waals surface area contributed by atoms with Crippen LogP contribution in [0.4, 0.5) is 11.4 Å². The Bertz CT molecular complexity index is 1250. The molecule has 0 aromatic heterocycles. The summed E-state index contributed by atoms with van der Waals surface area (Å²) in [5.74, 6) is -0.00262. The van der Waals surface area contributed by atoms with Crippen molar-refractivity contribution in [2.45, 2.75) is 17.9 Å². The van der Waals surface area contributed by atoms with E-state index in [-0.39, 0.29) is 16.3 Å². The highest BCUT2D eigenvalue weighted by Crippen LogP contribution is 2.28. The Kier molecular flexibility index (Phi) is 7.29. The molecule has 1 N–H and O–H groups in total. The molecule has 172 valence electrons. The molecule has 33 heavy (non-hydrogen) atoms.